The van der Waals surface area contributed by atoms with Crippen LogP contribution in [0.3, 0.4) is 0 Å². The molecule has 0 bridgehead atoms. The predicted molar refractivity (Wildman–Crippen MR) is 73.3 cm³/mol. The fourth-order valence-electron chi connectivity index (χ4n) is 2.93. The number of nitrogens with zero attached hydrogens (tertiary/aromatic N) is 2. The van der Waals surface area contributed by atoms with Crippen LogP contribution in [-0.2, 0) is 0 Å². The van der Waals surface area contributed by atoms with Crippen molar-refractivity contribution < 1.29 is 0 Å². The molecule has 1 aliphatic rings. The van der Waals surface area contributed by atoms with E-state index in [2.05, 4.69) is 56.6 Å². The quantitative estimate of drug-likeness (QED) is 0.736. The van der Waals surface area contributed by atoms with Crippen molar-refractivity contribution in [2.24, 2.45) is 17.3 Å². The van der Waals surface area contributed by atoms with Crippen molar-refractivity contribution in [3.8, 4) is 0 Å². The van der Waals surface area contributed by atoms with Gasteiger partial charge in [-0.05, 0) is 35.8 Å². The number of hydrogen-bond donors (Lipinski definition) is 0. The Kier molecular flexibility index (Phi) is 3.15. The molecule has 0 N–H and O–H groups in total. The predicted octanol–water partition coefficient (Wildman–Crippen LogP) is 3.51. The van der Waals surface area contributed by atoms with Gasteiger partial charge in [-0.15, -0.1) is 0 Å². The molecule has 2 heteroatoms. The molecule has 0 saturated carbocycles. The Bertz CT molecular complexity index is 375. The third kappa shape index (κ3) is 2.62. The fourth-order valence-corrected chi connectivity index (χ4v) is 2.93. The normalized spacial score (nSPS) is 25.4. The molecular weight excluding hydrogens is 208 g/mol. The molecule has 0 aromatic carbocycles. The molecule has 0 spiro atoms. The van der Waals surface area contributed by atoms with Gasteiger partial charge >= 0.3 is 0 Å². The second kappa shape index (κ2) is 4.32. The zero-order chi connectivity index (χ0) is 12.6. The summed E-state index contributed by atoms with van der Waals surface area (Å²) < 4.78 is 0. The van der Waals surface area contributed by atoms with Gasteiger partial charge in [-0.25, -0.2) is 4.98 Å². The summed E-state index contributed by atoms with van der Waals surface area (Å²) in [6.45, 7) is 13.8. The summed E-state index contributed by atoms with van der Waals surface area (Å²) in [5.41, 5.74) is 1.62. The molecule has 1 fully saturated rings. The van der Waals surface area contributed by atoms with Crippen molar-refractivity contribution >= 4 is 5.82 Å². The molecule has 0 radical (unpaired) electrons. The maximum absolute atomic E-state index is 4.54. The van der Waals surface area contributed by atoms with Crippen molar-refractivity contribution in [3.63, 3.8) is 0 Å². The molecule has 1 aliphatic heterocycles. The Morgan fingerprint density at radius 3 is 2.41 bits per heavy atom. The van der Waals surface area contributed by atoms with Crippen LogP contribution in [0.15, 0.2) is 18.3 Å². The van der Waals surface area contributed by atoms with Gasteiger partial charge in [-0.2, -0.15) is 0 Å². The second-order valence-corrected chi connectivity index (χ2v) is 6.55. The van der Waals surface area contributed by atoms with Gasteiger partial charge in [0.2, 0.25) is 0 Å². The van der Waals surface area contributed by atoms with Crippen LogP contribution in [-0.4, -0.2) is 18.1 Å². The van der Waals surface area contributed by atoms with E-state index >= 15 is 0 Å². The molecular formula is C15H24N2. The molecule has 94 valence electrons. The molecule has 2 heterocycles. The molecule has 0 amide bonds. The number of rotatable bonds is 1. The minimum atomic E-state index is 0.388. The van der Waals surface area contributed by atoms with Crippen molar-refractivity contribution in [2.75, 3.05) is 18.0 Å². The van der Waals surface area contributed by atoms with Gasteiger partial charge in [0.15, 0.2) is 0 Å². The molecule has 2 atom stereocenters. The van der Waals surface area contributed by atoms with E-state index in [1.807, 2.05) is 6.20 Å². The maximum atomic E-state index is 4.54. The highest BCUT2D eigenvalue weighted by Crippen LogP contribution is 2.38. The highest BCUT2D eigenvalue weighted by Gasteiger charge is 2.37. The van der Waals surface area contributed by atoms with Gasteiger partial charge in [0.05, 0.1) is 0 Å². The maximum Gasteiger partial charge on any atom is 0.128 e. The zero-order valence-corrected chi connectivity index (χ0v) is 11.7. The van der Waals surface area contributed by atoms with E-state index < -0.39 is 0 Å². The van der Waals surface area contributed by atoms with Gasteiger partial charge in [0.1, 0.15) is 5.82 Å². The zero-order valence-electron chi connectivity index (χ0n) is 11.7. The fraction of sp³-hybridized carbons (Fsp3) is 0.667. The lowest BCUT2D eigenvalue weighted by atomic mass is 9.76. The number of pyridine rings is 1. The van der Waals surface area contributed by atoms with Crippen molar-refractivity contribution in [2.45, 2.75) is 34.6 Å². The molecule has 1 aromatic heterocycles. The highest BCUT2D eigenvalue weighted by molar-refractivity contribution is 5.40. The van der Waals surface area contributed by atoms with E-state index in [9.17, 15) is 0 Å². The summed E-state index contributed by atoms with van der Waals surface area (Å²) in [7, 11) is 0. The summed E-state index contributed by atoms with van der Waals surface area (Å²) in [4.78, 5) is 6.97. The molecule has 1 saturated heterocycles. The van der Waals surface area contributed by atoms with Crippen molar-refractivity contribution in [1.29, 1.82) is 0 Å². The SMILES string of the molecule is Cc1ccc(N2CC(C)C(C(C)(C)C)C2)nc1. The van der Waals surface area contributed by atoms with Crippen LogP contribution in [0.1, 0.15) is 33.3 Å². The lowest BCUT2D eigenvalue weighted by Crippen LogP contribution is -2.27. The van der Waals surface area contributed by atoms with E-state index in [4.69, 9.17) is 0 Å². The number of aromatic nitrogens is 1. The minimum absolute atomic E-state index is 0.388. The van der Waals surface area contributed by atoms with Crippen molar-refractivity contribution in [1.82, 2.24) is 4.98 Å². The second-order valence-electron chi connectivity index (χ2n) is 6.55. The monoisotopic (exact) mass is 232 g/mol. The van der Waals surface area contributed by atoms with Crippen LogP contribution >= 0.6 is 0 Å². The lowest BCUT2D eigenvalue weighted by Gasteiger charge is -2.29. The van der Waals surface area contributed by atoms with Crippen LogP contribution in [0.4, 0.5) is 5.82 Å². The summed E-state index contributed by atoms with van der Waals surface area (Å²) in [5, 5.41) is 0. The first-order chi connectivity index (χ1) is 7.88. The first-order valence-corrected chi connectivity index (χ1v) is 6.55. The Labute approximate surface area is 105 Å². The number of hydrogen-bond acceptors (Lipinski definition) is 2. The summed E-state index contributed by atoms with van der Waals surface area (Å²) in [6.07, 6.45) is 1.96. The number of anilines is 1. The molecule has 1 aromatic rings. The van der Waals surface area contributed by atoms with Gasteiger partial charge in [-0.3, -0.25) is 0 Å². The van der Waals surface area contributed by atoms with Crippen LogP contribution < -0.4 is 4.90 Å². The van der Waals surface area contributed by atoms with E-state index in [0.29, 0.717) is 5.41 Å². The summed E-state index contributed by atoms with van der Waals surface area (Å²) in [6, 6.07) is 4.30. The van der Waals surface area contributed by atoms with Gasteiger partial charge in [0.25, 0.3) is 0 Å². The molecule has 0 aliphatic carbocycles. The van der Waals surface area contributed by atoms with Crippen LogP contribution in [0, 0.1) is 24.2 Å². The smallest absolute Gasteiger partial charge is 0.128 e. The standard InChI is InChI=1S/C15H24N2/c1-11-6-7-14(16-8-11)17-9-12(2)13(10-17)15(3,4)5/h6-8,12-13H,9-10H2,1-5H3. The molecule has 17 heavy (non-hydrogen) atoms. The van der Waals surface area contributed by atoms with E-state index in [1.54, 1.807) is 0 Å². The Hall–Kier alpha value is -1.05. The largest absolute Gasteiger partial charge is 0.356 e. The summed E-state index contributed by atoms with van der Waals surface area (Å²) in [5.74, 6) is 2.64. The molecule has 2 unspecified atom stereocenters. The Balaban J connectivity index is 2.14. The van der Waals surface area contributed by atoms with Gasteiger partial charge in [-0.1, -0.05) is 33.8 Å². The Morgan fingerprint density at radius 1 is 1.24 bits per heavy atom. The molecule has 2 nitrogen and oxygen atoms in total. The van der Waals surface area contributed by atoms with Crippen LogP contribution in [0.2, 0.25) is 0 Å². The van der Waals surface area contributed by atoms with Gasteiger partial charge in [0, 0.05) is 19.3 Å². The van der Waals surface area contributed by atoms with Crippen molar-refractivity contribution in [3.05, 3.63) is 23.9 Å². The minimum Gasteiger partial charge on any atom is -0.356 e. The third-order valence-corrected chi connectivity index (χ3v) is 3.94. The Morgan fingerprint density at radius 2 is 1.94 bits per heavy atom. The molecule has 2 rings (SSSR count). The first kappa shape index (κ1) is 12.4. The topological polar surface area (TPSA) is 16.1 Å². The van der Waals surface area contributed by atoms with E-state index in [-0.39, 0.29) is 0 Å². The van der Waals surface area contributed by atoms with Crippen LogP contribution in [0.25, 0.3) is 0 Å². The van der Waals surface area contributed by atoms with Crippen LogP contribution in [0.5, 0.6) is 0 Å². The third-order valence-electron chi connectivity index (χ3n) is 3.94. The highest BCUT2D eigenvalue weighted by atomic mass is 15.2. The average molecular weight is 232 g/mol. The lowest BCUT2D eigenvalue weighted by molar-refractivity contribution is 0.214. The first-order valence-electron chi connectivity index (χ1n) is 6.55. The summed E-state index contributed by atoms with van der Waals surface area (Å²) >= 11 is 0. The van der Waals surface area contributed by atoms with E-state index in [1.165, 1.54) is 5.56 Å². The average Bonchev–Trinajstić information content (AvgIpc) is 2.61. The van der Waals surface area contributed by atoms with Gasteiger partial charge < -0.3 is 4.90 Å². The van der Waals surface area contributed by atoms with E-state index in [0.717, 1.165) is 30.7 Å². The number of aryl methyl sites for hydroxylation is 1.